The molecule has 54 heavy (non-hydrogen) atoms. The van der Waals surface area contributed by atoms with E-state index >= 15 is 4.79 Å². The molecule has 4 heterocycles. The first-order valence-electron chi connectivity index (χ1n) is 18.5. The van der Waals surface area contributed by atoms with Crippen LogP contribution in [0.15, 0.2) is 91.0 Å². The van der Waals surface area contributed by atoms with Gasteiger partial charge in [0, 0.05) is 29.3 Å². The van der Waals surface area contributed by atoms with E-state index in [4.69, 9.17) is 14.2 Å². The number of aliphatic hydroxyl groups excluding tert-OH is 1. The summed E-state index contributed by atoms with van der Waals surface area (Å²) < 4.78 is 18.3. The average molecular weight is 748 g/mol. The third kappa shape index (κ3) is 5.88. The SMILES string of the molecule is COc1ccc2c(c1)[C@]1(O[C@@H](CC(=O)N3Cc4ccccc4C[C@H]3CO)[C@H]([Si](C)(C)O)[C@H]1C)C(=O)N2Cc1cccc(N2C(=O)COc3ccccc32)c1. The van der Waals surface area contributed by atoms with Crippen molar-refractivity contribution in [2.24, 2.45) is 5.92 Å². The highest BCUT2D eigenvalue weighted by atomic mass is 28.4. The van der Waals surface area contributed by atoms with Crippen LogP contribution in [0, 0.1) is 5.92 Å². The summed E-state index contributed by atoms with van der Waals surface area (Å²) in [5.74, 6) is 0.00724. The molecule has 0 aromatic heterocycles. The summed E-state index contributed by atoms with van der Waals surface area (Å²) >= 11 is 0. The number of hydrogen-bond donors (Lipinski definition) is 2. The number of nitrogens with zero attached hydrogens (tertiary/aromatic N) is 3. The van der Waals surface area contributed by atoms with Crippen LogP contribution < -0.4 is 19.3 Å². The Hall–Kier alpha value is -5.01. The molecule has 0 aliphatic carbocycles. The van der Waals surface area contributed by atoms with Crippen molar-refractivity contribution in [3.63, 3.8) is 0 Å². The molecular formula is C42H45N3O8Si. The third-order valence-corrected chi connectivity index (χ3v) is 14.2. The first-order valence-corrected chi connectivity index (χ1v) is 21.5. The van der Waals surface area contributed by atoms with E-state index in [1.807, 2.05) is 111 Å². The maximum atomic E-state index is 15.1. The monoisotopic (exact) mass is 747 g/mol. The van der Waals surface area contributed by atoms with Gasteiger partial charge in [-0.1, -0.05) is 55.5 Å². The second-order valence-corrected chi connectivity index (χ2v) is 19.3. The zero-order valence-electron chi connectivity index (χ0n) is 30.9. The highest BCUT2D eigenvalue weighted by Gasteiger charge is 2.66. The van der Waals surface area contributed by atoms with Gasteiger partial charge in [-0.25, -0.2) is 0 Å². The maximum Gasteiger partial charge on any atom is 0.269 e. The fourth-order valence-corrected chi connectivity index (χ4v) is 11.8. The van der Waals surface area contributed by atoms with Crippen LogP contribution in [-0.4, -0.2) is 73.3 Å². The average Bonchev–Trinajstić information content (AvgIpc) is 3.59. The Morgan fingerprint density at radius 3 is 2.48 bits per heavy atom. The number of para-hydroxylation sites is 2. The summed E-state index contributed by atoms with van der Waals surface area (Å²) in [5, 5.41) is 10.3. The van der Waals surface area contributed by atoms with Crippen molar-refractivity contribution >= 4 is 43.1 Å². The second kappa shape index (κ2) is 13.7. The molecule has 0 bridgehead atoms. The maximum absolute atomic E-state index is 15.1. The molecule has 12 heteroatoms. The minimum Gasteiger partial charge on any atom is -0.497 e. The molecule has 8 rings (SSSR count). The molecule has 1 saturated heterocycles. The van der Waals surface area contributed by atoms with Gasteiger partial charge in [-0.3, -0.25) is 19.3 Å². The lowest BCUT2D eigenvalue weighted by Crippen LogP contribution is -2.48. The molecule has 11 nitrogen and oxygen atoms in total. The van der Waals surface area contributed by atoms with E-state index in [2.05, 4.69) is 0 Å². The zero-order valence-corrected chi connectivity index (χ0v) is 31.9. The van der Waals surface area contributed by atoms with Crippen LogP contribution in [0.2, 0.25) is 18.6 Å². The van der Waals surface area contributed by atoms with Gasteiger partial charge >= 0.3 is 0 Å². The first-order chi connectivity index (χ1) is 25.9. The zero-order chi connectivity index (χ0) is 37.9. The van der Waals surface area contributed by atoms with Crippen molar-refractivity contribution in [2.75, 3.05) is 30.1 Å². The Bertz CT molecular complexity index is 2140. The Labute approximate surface area is 315 Å². The van der Waals surface area contributed by atoms with Crippen molar-refractivity contribution in [3.05, 3.63) is 113 Å². The van der Waals surface area contributed by atoms with Gasteiger partial charge in [-0.05, 0) is 78.7 Å². The third-order valence-electron chi connectivity index (χ3n) is 11.7. The minimum atomic E-state index is -3.07. The number of fused-ring (bicyclic) bond motifs is 4. The molecule has 2 N–H and O–H groups in total. The van der Waals surface area contributed by atoms with Crippen molar-refractivity contribution in [2.45, 2.75) is 69.2 Å². The Morgan fingerprint density at radius 1 is 0.963 bits per heavy atom. The number of ether oxygens (including phenoxy) is 3. The lowest BCUT2D eigenvalue weighted by molar-refractivity contribution is -0.151. The van der Waals surface area contributed by atoms with Gasteiger partial charge < -0.3 is 33.9 Å². The van der Waals surface area contributed by atoms with Crippen LogP contribution in [-0.2, 0) is 44.2 Å². The second-order valence-electron chi connectivity index (χ2n) is 15.3. The topological polar surface area (TPSA) is 129 Å². The molecule has 3 amide bonds. The molecule has 1 fully saturated rings. The lowest BCUT2D eigenvalue weighted by atomic mass is 9.82. The molecule has 0 saturated carbocycles. The molecule has 4 aromatic carbocycles. The van der Waals surface area contributed by atoms with E-state index < -0.39 is 31.5 Å². The predicted octanol–water partition coefficient (Wildman–Crippen LogP) is 5.43. The van der Waals surface area contributed by atoms with Crippen LogP contribution in [0.3, 0.4) is 0 Å². The summed E-state index contributed by atoms with van der Waals surface area (Å²) in [6.07, 6.45) is -0.257. The van der Waals surface area contributed by atoms with Gasteiger partial charge in [0.2, 0.25) is 5.91 Å². The van der Waals surface area contributed by atoms with Gasteiger partial charge in [0.05, 0.1) is 50.2 Å². The molecule has 280 valence electrons. The predicted molar refractivity (Wildman–Crippen MR) is 205 cm³/mol. The van der Waals surface area contributed by atoms with E-state index in [0.717, 1.165) is 16.7 Å². The van der Waals surface area contributed by atoms with Gasteiger partial charge in [-0.2, -0.15) is 0 Å². The molecule has 4 aromatic rings. The van der Waals surface area contributed by atoms with Crippen molar-refractivity contribution in [1.29, 1.82) is 0 Å². The van der Waals surface area contributed by atoms with E-state index in [9.17, 15) is 19.5 Å². The van der Waals surface area contributed by atoms with E-state index in [1.165, 1.54) is 0 Å². The fourth-order valence-electron chi connectivity index (χ4n) is 9.23. The normalized spacial score (nSPS) is 24.7. The number of aliphatic hydroxyl groups is 1. The van der Waals surface area contributed by atoms with Crippen LogP contribution in [0.1, 0.15) is 35.6 Å². The Balaban J connectivity index is 1.13. The highest BCUT2D eigenvalue weighted by Crippen LogP contribution is 2.60. The quantitative estimate of drug-likeness (QED) is 0.229. The smallest absolute Gasteiger partial charge is 0.269 e. The summed E-state index contributed by atoms with van der Waals surface area (Å²) in [6, 6.07) is 28.0. The summed E-state index contributed by atoms with van der Waals surface area (Å²) in [6.45, 7) is 5.91. The Kier molecular flexibility index (Phi) is 9.12. The van der Waals surface area contributed by atoms with Crippen LogP contribution >= 0.6 is 0 Å². The van der Waals surface area contributed by atoms with Gasteiger partial charge in [0.25, 0.3) is 11.8 Å². The number of carbonyl (C=O) groups excluding carboxylic acids is 3. The number of methoxy groups -OCH3 is 1. The largest absolute Gasteiger partial charge is 0.497 e. The van der Waals surface area contributed by atoms with E-state index in [-0.39, 0.29) is 49.9 Å². The molecular weight excluding hydrogens is 703 g/mol. The summed E-state index contributed by atoms with van der Waals surface area (Å²) in [5.41, 5.74) is 3.57. The fraction of sp³-hybridized carbons (Fsp3) is 0.357. The molecule has 5 atom stereocenters. The standard InChI is InChI=1S/C42H45N3O8Si/c1-26-40(54(3,4)50)37(21-38(47)43-23-29-12-6-5-11-28(29)19-31(43)24-46)53-42(26)33-20-32(51-2)16-17-34(33)44(41(42)49)22-27-10-9-13-30(18-27)45-35-14-7-8-15-36(35)52-25-39(45)48/h5-18,20,26,31,37,40,46,50H,19,21-25H2,1-4H3/t26-,31+,37+,40-,42+/m1/s1. The van der Waals surface area contributed by atoms with Gasteiger partial charge in [0.15, 0.2) is 20.5 Å². The number of anilines is 3. The number of amides is 3. The number of rotatable bonds is 8. The van der Waals surface area contributed by atoms with Crippen molar-refractivity contribution in [1.82, 2.24) is 4.90 Å². The molecule has 4 aliphatic rings. The highest BCUT2D eigenvalue weighted by molar-refractivity contribution is 6.71. The van der Waals surface area contributed by atoms with E-state index in [1.54, 1.807) is 21.8 Å². The van der Waals surface area contributed by atoms with Crippen LogP contribution in [0.25, 0.3) is 0 Å². The van der Waals surface area contributed by atoms with E-state index in [0.29, 0.717) is 47.1 Å². The number of carbonyl (C=O) groups is 3. The van der Waals surface area contributed by atoms with Gasteiger partial charge in [-0.15, -0.1) is 0 Å². The molecule has 0 radical (unpaired) electrons. The van der Waals surface area contributed by atoms with Crippen LogP contribution in [0.5, 0.6) is 11.5 Å². The molecule has 0 unspecified atom stereocenters. The van der Waals surface area contributed by atoms with Crippen molar-refractivity contribution < 1.29 is 38.5 Å². The minimum absolute atomic E-state index is 0.0455. The first kappa shape index (κ1) is 36.0. The number of benzene rings is 4. The summed E-state index contributed by atoms with van der Waals surface area (Å²) in [7, 11) is -1.50. The number of hydrogen-bond acceptors (Lipinski definition) is 8. The molecule has 4 aliphatic heterocycles. The summed E-state index contributed by atoms with van der Waals surface area (Å²) in [4.78, 5) is 59.4. The van der Waals surface area contributed by atoms with Crippen molar-refractivity contribution in [3.8, 4) is 11.5 Å². The van der Waals surface area contributed by atoms with Gasteiger partial charge in [0.1, 0.15) is 11.5 Å². The van der Waals surface area contributed by atoms with Crippen LogP contribution in [0.4, 0.5) is 17.1 Å². The Morgan fingerprint density at radius 2 is 1.72 bits per heavy atom. The molecule has 1 spiro atoms. The lowest BCUT2D eigenvalue weighted by Gasteiger charge is -2.37.